The third kappa shape index (κ3) is 5.83. The molecule has 0 aromatic heterocycles. The maximum absolute atomic E-state index is 3.91. The van der Waals surface area contributed by atoms with Crippen LogP contribution in [0.1, 0.15) is 66.7 Å². The van der Waals surface area contributed by atoms with Gasteiger partial charge in [0.05, 0.1) is 0 Å². The molecule has 1 aliphatic rings. The Morgan fingerprint density at radius 3 is 2.21 bits per heavy atom. The van der Waals surface area contributed by atoms with E-state index in [0.717, 1.165) is 17.9 Å². The first-order chi connectivity index (χ1) is 9.08. The van der Waals surface area contributed by atoms with Gasteiger partial charge in [-0.1, -0.05) is 34.1 Å². The molecule has 19 heavy (non-hydrogen) atoms. The fourth-order valence-electron chi connectivity index (χ4n) is 3.58. The van der Waals surface area contributed by atoms with E-state index in [4.69, 9.17) is 0 Å². The summed E-state index contributed by atoms with van der Waals surface area (Å²) in [6.07, 6.45) is 6.89. The zero-order valence-electron chi connectivity index (χ0n) is 13.9. The Balaban J connectivity index is 2.24. The number of rotatable bonds is 8. The summed E-state index contributed by atoms with van der Waals surface area (Å²) < 4.78 is 0. The van der Waals surface area contributed by atoms with Crippen LogP contribution in [0.3, 0.4) is 0 Å². The highest BCUT2D eigenvalue weighted by Gasteiger charge is 2.28. The largest absolute Gasteiger partial charge is 0.311 e. The van der Waals surface area contributed by atoms with Crippen molar-refractivity contribution < 1.29 is 0 Å². The first kappa shape index (κ1) is 17.0. The van der Waals surface area contributed by atoms with Crippen LogP contribution in [0.15, 0.2) is 0 Å². The first-order valence-electron chi connectivity index (χ1n) is 8.56. The van der Waals surface area contributed by atoms with Crippen molar-refractivity contribution in [3.63, 3.8) is 0 Å². The predicted molar refractivity (Wildman–Crippen MR) is 85.6 cm³/mol. The van der Waals surface area contributed by atoms with E-state index in [-0.39, 0.29) is 0 Å². The molecule has 1 N–H and O–H groups in total. The Bertz CT molecular complexity index is 215. The van der Waals surface area contributed by atoms with Crippen LogP contribution in [-0.2, 0) is 0 Å². The number of hydrogen-bond acceptors (Lipinski definition) is 2. The van der Waals surface area contributed by atoms with Gasteiger partial charge in [-0.25, -0.2) is 0 Å². The van der Waals surface area contributed by atoms with E-state index in [0.29, 0.717) is 6.04 Å². The normalized spacial score (nSPS) is 29.7. The Hall–Kier alpha value is -0.0800. The van der Waals surface area contributed by atoms with Crippen molar-refractivity contribution in [3.8, 4) is 0 Å². The third-order valence-electron chi connectivity index (χ3n) is 5.03. The molecule has 0 aliphatic heterocycles. The van der Waals surface area contributed by atoms with Crippen molar-refractivity contribution in [1.82, 2.24) is 10.2 Å². The van der Waals surface area contributed by atoms with Gasteiger partial charge in [0.25, 0.3) is 0 Å². The van der Waals surface area contributed by atoms with Gasteiger partial charge in [0.15, 0.2) is 0 Å². The molecule has 2 nitrogen and oxygen atoms in total. The van der Waals surface area contributed by atoms with Crippen molar-refractivity contribution in [1.29, 1.82) is 0 Å². The quantitative estimate of drug-likeness (QED) is 0.718. The lowest BCUT2D eigenvalue weighted by atomic mass is 9.78. The van der Waals surface area contributed by atoms with Crippen LogP contribution < -0.4 is 5.32 Å². The average Bonchev–Trinajstić information content (AvgIpc) is 2.39. The summed E-state index contributed by atoms with van der Waals surface area (Å²) in [7, 11) is 0. The predicted octanol–water partition coefficient (Wildman–Crippen LogP) is 3.91. The lowest BCUT2D eigenvalue weighted by Crippen LogP contribution is -2.46. The molecule has 2 heteroatoms. The second kappa shape index (κ2) is 8.97. The molecule has 0 aromatic carbocycles. The fraction of sp³-hybridized carbons (Fsp3) is 1.00. The zero-order chi connectivity index (χ0) is 14.3. The molecule has 1 saturated carbocycles. The van der Waals surface area contributed by atoms with E-state index < -0.39 is 0 Å². The lowest BCUT2D eigenvalue weighted by Gasteiger charge is -2.37. The molecule has 0 saturated heterocycles. The molecule has 0 radical (unpaired) electrons. The van der Waals surface area contributed by atoms with Gasteiger partial charge in [-0.3, -0.25) is 0 Å². The summed E-state index contributed by atoms with van der Waals surface area (Å²) in [5.41, 5.74) is 0. The molecule has 3 atom stereocenters. The van der Waals surface area contributed by atoms with Crippen LogP contribution in [0.4, 0.5) is 0 Å². The highest BCUT2D eigenvalue weighted by Crippen LogP contribution is 2.29. The van der Waals surface area contributed by atoms with Crippen molar-refractivity contribution in [2.75, 3.05) is 19.6 Å². The molecule has 1 aliphatic carbocycles. The Kier molecular flexibility index (Phi) is 8.01. The van der Waals surface area contributed by atoms with Crippen LogP contribution >= 0.6 is 0 Å². The van der Waals surface area contributed by atoms with Gasteiger partial charge < -0.3 is 10.2 Å². The van der Waals surface area contributed by atoms with E-state index in [1.165, 1.54) is 51.7 Å². The highest BCUT2D eigenvalue weighted by atomic mass is 15.1. The molecular formula is C17H36N2. The summed E-state index contributed by atoms with van der Waals surface area (Å²) in [6, 6.07) is 1.42. The molecule has 0 heterocycles. The fourth-order valence-corrected chi connectivity index (χ4v) is 3.58. The minimum absolute atomic E-state index is 0.670. The van der Waals surface area contributed by atoms with Crippen molar-refractivity contribution in [2.24, 2.45) is 11.8 Å². The Morgan fingerprint density at radius 2 is 1.68 bits per heavy atom. The minimum Gasteiger partial charge on any atom is -0.311 e. The van der Waals surface area contributed by atoms with Crippen LogP contribution in [-0.4, -0.2) is 36.6 Å². The van der Waals surface area contributed by atoms with Gasteiger partial charge in [-0.2, -0.15) is 0 Å². The maximum atomic E-state index is 3.91. The van der Waals surface area contributed by atoms with E-state index >= 15 is 0 Å². The summed E-state index contributed by atoms with van der Waals surface area (Å²) >= 11 is 0. The van der Waals surface area contributed by atoms with Gasteiger partial charge in [0, 0.05) is 12.1 Å². The van der Waals surface area contributed by atoms with E-state index in [1.807, 2.05) is 0 Å². The second-order valence-electron chi connectivity index (χ2n) is 6.65. The van der Waals surface area contributed by atoms with Gasteiger partial charge >= 0.3 is 0 Å². The SMILES string of the molecule is CCN(CC)CCCC(C)NC1C(C)CCCC1C. The third-order valence-corrected chi connectivity index (χ3v) is 5.03. The van der Waals surface area contributed by atoms with Gasteiger partial charge in [0.1, 0.15) is 0 Å². The number of hydrogen-bond donors (Lipinski definition) is 1. The molecule has 3 unspecified atom stereocenters. The second-order valence-corrected chi connectivity index (χ2v) is 6.65. The standard InChI is InChI=1S/C17H36N2/c1-6-19(7-2)13-9-12-16(5)18-17-14(3)10-8-11-15(17)4/h14-18H,6-13H2,1-5H3. The van der Waals surface area contributed by atoms with Gasteiger partial charge in [0.2, 0.25) is 0 Å². The summed E-state index contributed by atoms with van der Waals surface area (Å²) in [5.74, 6) is 1.71. The smallest absolute Gasteiger partial charge is 0.0121 e. The summed E-state index contributed by atoms with van der Waals surface area (Å²) in [6.45, 7) is 15.4. The lowest BCUT2D eigenvalue weighted by molar-refractivity contribution is 0.190. The monoisotopic (exact) mass is 268 g/mol. The van der Waals surface area contributed by atoms with E-state index in [1.54, 1.807) is 0 Å². The molecule has 1 fully saturated rings. The van der Waals surface area contributed by atoms with Crippen LogP contribution in [0.5, 0.6) is 0 Å². The molecule has 0 spiro atoms. The van der Waals surface area contributed by atoms with Gasteiger partial charge in [-0.05, 0) is 64.1 Å². The van der Waals surface area contributed by atoms with E-state index in [2.05, 4.69) is 44.8 Å². The molecular weight excluding hydrogens is 232 g/mol. The minimum atomic E-state index is 0.670. The molecule has 0 bridgehead atoms. The van der Waals surface area contributed by atoms with Gasteiger partial charge in [-0.15, -0.1) is 0 Å². The Morgan fingerprint density at radius 1 is 1.11 bits per heavy atom. The number of nitrogens with zero attached hydrogens (tertiary/aromatic N) is 1. The average molecular weight is 268 g/mol. The highest BCUT2D eigenvalue weighted by molar-refractivity contribution is 4.85. The van der Waals surface area contributed by atoms with Crippen LogP contribution in [0, 0.1) is 11.8 Å². The summed E-state index contributed by atoms with van der Waals surface area (Å²) in [5, 5.41) is 3.91. The Labute approximate surface area is 121 Å². The summed E-state index contributed by atoms with van der Waals surface area (Å²) in [4.78, 5) is 2.53. The van der Waals surface area contributed by atoms with Crippen LogP contribution in [0.2, 0.25) is 0 Å². The van der Waals surface area contributed by atoms with Crippen molar-refractivity contribution in [3.05, 3.63) is 0 Å². The maximum Gasteiger partial charge on any atom is 0.0121 e. The topological polar surface area (TPSA) is 15.3 Å². The van der Waals surface area contributed by atoms with Crippen molar-refractivity contribution >= 4 is 0 Å². The molecule has 0 amide bonds. The molecule has 0 aromatic rings. The van der Waals surface area contributed by atoms with Crippen LogP contribution in [0.25, 0.3) is 0 Å². The van der Waals surface area contributed by atoms with Crippen molar-refractivity contribution in [2.45, 2.75) is 78.8 Å². The number of nitrogens with one attached hydrogen (secondary N) is 1. The molecule has 114 valence electrons. The zero-order valence-corrected chi connectivity index (χ0v) is 13.9. The first-order valence-corrected chi connectivity index (χ1v) is 8.56. The van der Waals surface area contributed by atoms with E-state index in [9.17, 15) is 0 Å². The molecule has 1 rings (SSSR count).